The number of urea groups is 1. The Morgan fingerprint density at radius 2 is 2.33 bits per heavy atom. The van der Waals surface area contributed by atoms with Crippen molar-refractivity contribution in [2.45, 2.75) is 6.92 Å². The third-order valence-corrected chi connectivity index (χ3v) is 2.69. The fraction of sp³-hybridized carbons (Fsp3) is 0.333. The molecular formula is C9H12ClN7O. The first-order valence-corrected chi connectivity index (χ1v) is 5.60. The number of anilines is 1. The van der Waals surface area contributed by atoms with Gasteiger partial charge in [0.15, 0.2) is 0 Å². The van der Waals surface area contributed by atoms with Crippen molar-refractivity contribution in [3.05, 3.63) is 17.0 Å². The highest BCUT2D eigenvalue weighted by atomic mass is 35.5. The van der Waals surface area contributed by atoms with Crippen molar-refractivity contribution >= 4 is 29.2 Å². The Morgan fingerprint density at radius 3 is 3.06 bits per heavy atom. The molecular weight excluding hydrogens is 258 g/mol. The molecule has 2 aromatic heterocycles. The Morgan fingerprint density at radius 1 is 1.56 bits per heavy atom. The number of rotatable bonds is 4. The first-order valence-electron chi connectivity index (χ1n) is 5.22. The summed E-state index contributed by atoms with van der Waals surface area (Å²) in [5.74, 6) is 1.10. The highest BCUT2D eigenvalue weighted by molar-refractivity contribution is 6.30. The number of nitrogens with zero attached hydrogens (tertiary/aromatic N) is 4. The molecule has 18 heavy (non-hydrogen) atoms. The molecule has 2 heterocycles. The number of aromatic nitrogens is 4. The molecule has 2 amide bonds. The fourth-order valence-electron chi connectivity index (χ4n) is 1.47. The molecule has 0 spiro atoms. The topological polar surface area (TPSA) is 110 Å². The SMILES string of the molecule is Cc1c(Cl)nc2ncnn2c1NCCNC(N)=O. The van der Waals surface area contributed by atoms with E-state index in [2.05, 4.69) is 25.7 Å². The van der Waals surface area contributed by atoms with E-state index < -0.39 is 6.03 Å². The molecule has 9 heteroatoms. The summed E-state index contributed by atoms with van der Waals surface area (Å²) in [5, 5.41) is 9.98. The minimum Gasteiger partial charge on any atom is -0.368 e. The Hall–Kier alpha value is -2.09. The lowest BCUT2D eigenvalue weighted by molar-refractivity contribution is 0.249. The summed E-state index contributed by atoms with van der Waals surface area (Å²) in [4.78, 5) is 18.6. The van der Waals surface area contributed by atoms with Gasteiger partial charge in [-0.05, 0) is 6.92 Å². The van der Waals surface area contributed by atoms with E-state index in [1.807, 2.05) is 6.92 Å². The molecule has 8 nitrogen and oxygen atoms in total. The minimum absolute atomic E-state index is 0.362. The first-order chi connectivity index (χ1) is 8.59. The van der Waals surface area contributed by atoms with Crippen LogP contribution >= 0.6 is 11.6 Å². The zero-order valence-electron chi connectivity index (χ0n) is 9.64. The van der Waals surface area contributed by atoms with Gasteiger partial charge in [-0.2, -0.15) is 19.6 Å². The van der Waals surface area contributed by atoms with Gasteiger partial charge in [-0.15, -0.1) is 0 Å². The predicted octanol–water partition coefficient (Wildman–Crippen LogP) is 0.166. The van der Waals surface area contributed by atoms with Crippen LogP contribution in [0, 0.1) is 6.92 Å². The molecule has 0 unspecified atom stereocenters. The maximum Gasteiger partial charge on any atom is 0.312 e. The van der Waals surface area contributed by atoms with Crippen molar-refractivity contribution in [3.63, 3.8) is 0 Å². The number of primary amides is 1. The molecule has 0 bridgehead atoms. The Labute approximate surface area is 108 Å². The molecule has 0 fully saturated rings. The number of fused-ring (bicyclic) bond motifs is 1. The Bertz CT molecular complexity index is 582. The molecule has 0 aliphatic carbocycles. The van der Waals surface area contributed by atoms with E-state index >= 15 is 0 Å². The van der Waals surface area contributed by atoms with Gasteiger partial charge in [0.25, 0.3) is 5.78 Å². The fourth-order valence-corrected chi connectivity index (χ4v) is 1.64. The summed E-state index contributed by atoms with van der Waals surface area (Å²) in [6.45, 7) is 2.70. The van der Waals surface area contributed by atoms with Crippen LogP contribution in [0.25, 0.3) is 5.78 Å². The summed E-state index contributed by atoms with van der Waals surface area (Å²) < 4.78 is 1.55. The summed E-state index contributed by atoms with van der Waals surface area (Å²) in [6, 6.07) is -0.563. The zero-order valence-corrected chi connectivity index (χ0v) is 10.4. The molecule has 96 valence electrons. The van der Waals surface area contributed by atoms with Gasteiger partial charge >= 0.3 is 6.03 Å². The van der Waals surface area contributed by atoms with Gasteiger partial charge in [0, 0.05) is 18.7 Å². The largest absolute Gasteiger partial charge is 0.368 e. The van der Waals surface area contributed by atoms with Gasteiger partial charge in [-0.1, -0.05) is 11.6 Å². The molecule has 0 aliphatic heterocycles. The van der Waals surface area contributed by atoms with Gasteiger partial charge in [-0.25, -0.2) is 4.79 Å². The van der Waals surface area contributed by atoms with Crippen LogP contribution in [0.2, 0.25) is 5.15 Å². The number of hydrogen-bond donors (Lipinski definition) is 3. The normalized spacial score (nSPS) is 10.6. The number of hydrogen-bond acceptors (Lipinski definition) is 5. The van der Waals surface area contributed by atoms with Crippen LogP contribution in [-0.2, 0) is 0 Å². The number of nitrogens with one attached hydrogen (secondary N) is 2. The second kappa shape index (κ2) is 5.05. The second-order valence-electron chi connectivity index (χ2n) is 3.57. The van der Waals surface area contributed by atoms with Gasteiger partial charge in [0.2, 0.25) is 0 Å². The van der Waals surface area contributed by atoms with Crippen LogP contribution < -0.4 is 16.4 Å². The number of halogens is 1. The number of carbonyl (C=O) groups is 1. The molecule has 4 N–H and O–H groups in total. The van der Waals surface area contributed by atoms with Crippen LogP contribution in [0.4, 0.5) is 10.6 Å². The minimum atomic E-state index is -0.563. The Balaban J connectivity index is 2.18. The molecule has 0 radical (unpaired) electrons. The molecule has 2 aromatic rings. The van der Waals surface area contributed by atoms with Gasteiger partial charge in [0.05, 0.1) is 0 Å². The van der Waals surface area contributed by atoms with Gasteiger partial charge in [0.1, 0.15) is 17.3 Å². The average molecular weight is 270 g/mol. The van der Waals surface area contributed by atoms with E-state index in [9.17, 15) is 4.79 Å². The summed E-state index contributed by atoms with van der Waals surface area (Å²) in [5.41, 5.74) is 5.72. The quantitative estimate of drug-likeness (QED) is 0.541. The van der Waals surface area contributed by atoms with Crippen molar-refractivity contribution in [3.8, 4) is 0 Å². The zero-order chi connectivity index (χ0) is 13.1. The maximum absolute atomic E-state index is 10.5. The first kappa shape index (κ1) is 12.4. The summed E-state index contributed by atoms with van der Waals surface area (Å²) >= 11 is 5.99. The van der Waals surface area contributed by atoms with E-state index in [1.165, 1.54) is 6.33 Å². The van der Waals surface area contributed by atoms with Crippen LogP contribution in [0.3, 0.4) is 0 Å². The summed E-state index contributed by atoms with van der Waals surface area (Å²) in [6.07, 6.45) is 1.39. The average Bonchev–Trinajstić information content (AvgIpc) is 2.76. The van der Waals surface area contributed by atoms with Crippen LogP contribution in [-0.4, -0.2) is 38.7 Å². The molecule has 0 aromatic carbocycles. The highest BCUT2D eigenvalue weighted by Crippen LogP contribution is 2.21. The highest BCUT2D eigenvalue weighted by Gasteiger charge is 2.11. The number of amides is 2. The van der Waals surface area contributed by atoms with Gasteiger partial charge < -0.3 is 16.4 Å². The third kappa shape index (κ3) is 2.43. The van der Waals surface area contributed by atoms with E-state index in [4.69, 9.17) is 17.3 Å². The standard InChI is InChI=1S/C9H12ClN7O/c1-5-6(10)16-9-14-4-15-17(9)7(5)12-2-3-13-8(11)18/h4,12H,2-3H2,1H3,(H3,11,13,18). The van der Waals surface area contributed by atoms with Crippen LogP contribution in [0.5, 0.6) is 0 Å². The number of nitrogens with two attached hydrogens (primary N) is 1. The van der Waals surface area contributed by atoms with E-state index in [0.29, 0.717) is 29.8 Å². The van der Waals surface area contributed by atoms with Crippen molar-refractivity contribution in [1.29, 1.82) is 0 Å². The van der Waals surface area contributed by atoms with E-state index in [1.54, 1.807) is 4.52 Å². The van der Waals surface area contributed by atoms with Gasteiger partial charge in [-0.3, -0.25) is 0 Å². The molecule has 0 atom stereocenters. The molecule has 0 saturated heterocycles. The molecule has 2 rings (SSSR count). The van der Waals surface area contributed by atoms with E-state index in [0.717, 1.165) is 5.56 Å². The predicted molar refractivity (Wildman–Crippen MR) is 66.6 cm³/mol. The lowest BCUT2D eigenvalue weighted by Gasteiger charge is -2.11. The lowest BCUT2D eigenvalue weighted by atomic mass is 10.3. The Kier molecular flexibility index (Phi) is 3.47. The smallest absolute Gasteiger partial charge is 0.312 e. The third-order valence-electron chi connectivity index (χ3n) is 2.32. The summed E-state index contributed by atoms with van der Waals surface area (Å²) in [7, 11) is 0. The lowest BCUT2D eigenvalue weighted by Crippen LogP contribution is -2.33. The number of carbonyl (C=O) groups excluding carboxylic acids is 1. The van der Waals surface area contributed by atoms with Crippen LogP contribution in [0.15, 0.2) is 6.33 Å². The van der Waals surface area contributed by atoms with Crippen molar-refractivity contribution in [2.75, 3.05) is 18.4 Å². The monoisotopic (exact) mass is 269 g/mol. The van der Waals surface area contributed by atoms with E-state index in [-0.39, 0.29) is 0 Å². The maximum atomic E-state index is 10.5. The second-order valence-corrected chi connectivity index (χ2v) is 3.92. The van der Waals surface area contributed by atoms with Crippen molar-refractivity contribution < 1.29 is 4.79 Å². The van der Waals surface area contributed by atoms with Crippen LogP contribution in [0.1, 0.15) is 5.56 Å². The molecule has 0 saturated carbocycles. The van der Waals surface area contributed by atoms with Crippen molar-refractivity contribution in [1.82, 2.24) is 24.9 Å². The van der Waals surface area contributed by atoms with Crippen molar-refractivity contribution in [2.24, 2.45) is 5.73 Å². The molecule has 0 aliphatic rings.